The predicted molar refractivity (Wildman–Crippen MR) is 123 cm³/mol. The van der Waals surface area contributed by atoms with Crippen molar-refractivity contribution in [2.75, 3.05) is 13.1 Å². The van der Waals surface area contributed by atoms with Gasteiger partial charge in [0, 0.05) is 25.2 Å². The molecule has 2 aromatic rings. The highest BCUT2D eigenvalue weighted by molar-refractivity contribution is 7.18. The van der Waals surface area contributed by atoms with E-state index in [9.17, 15) is 9.59 Å². The Bertz CT molecular complexity index is 954. The van der Waals surface area contributed by atoms with Crippen LogP contribution < -0.4 is 0 Å². The molecule has 0 bridgehead atoms. The Kier molecular flexibility index (Phi) is 6.42. The number of ether oxygens (including phenoxy) is 2. The van der Waals surface area contributed by atoms with E-state index in [1.807, 2.05) is 47.7 Å². The van der Waals surface area contributed by atoms with Crippen molar-refractivity contribution in [3.63, 3.8) is 0 Å². The molecule has 0 aliphatic carbocycles. The summed E-state index contributed by atoms with van der Waals surface area (Å²) in [5.74, 6) is 0.539. The Balaban J connectivity index is 1.81. The van der Waals surface area contributed by atoms with Gasteiger partial charge in [0.25, 0.3) is 0 Å². The first-order valence-electron chi connectivity index (χ1n) is 11.0. The minimum atomic E-state index is -0.570. The number of hydrogen-bond donors (Lipinski definition) is 0. The highest BCUT2D eigenvalue weighted by atomic mass is 32.1. The third-order valence-electron chi connectivity index (χ3n) is 5.09. The van der Waals surface area contributed by atoms with Gasteiger partial charge in [-0.1, -0.05) is 13.8 Å². The fraction of sp³-hybridized carbons (Fsp3) is 0.696. The zero-order valence-corrected chi connectivity index (χ0v) is 20.8. The van der Waals surface area contributed by atoms with E-state index in [4.69, 9.17) is 14.5 Å². The largest absolute Gasteiger partial charge is 0.444 e. The van der Waals surface area contributed by atoms with Gasteiger partial charge in [0.05, 0.1) is 9.71 Å². The van der Waals surface area contributed by atoms with E-state index >= 15 is 0 Å². The minimum Gasteiger partial charge on any atom is -0.444 e. The van der Waals surface area contributed by atoms with Gasteiger partial charge in [-0.15, -0.1) is 11.3 Å². The van der Waals surface area contributed by atoms with Crippen LogP contribution in [0.3, 0.4) is 0 Å². The van der Waals surface area contributed by atoms with E-state index in [1.165, 1.54) is 0 Å². The van der Waals surface area contributed by atoms with E-state index in [1.54, 1.807) is 20.8 Å². The topological polar surface area (TPSA) is 73.7 Å². The maximum atomic E-state index is 12.8. The number of thiazole rings is 1. The van der Waals surface area contributed by atoms with Gasteiger partial charge in [0.2, 0.25) is 0 Å². The Hall–Kier alpha value is -2.09. The molecule has 1 saturated heterocycles. The number of likely N-dealkylation sites (tertiary alicyclic amines) is 1. The Morgan fingerprint density at radius 2 is 1.58 bits per heavy atom. The summed E-state index contributed by atoms with van der Waals surface area (Å²) in [4.78, 5) is 31.8. The van der Waals surface area contributed by atoms with Crippen molar-refractivity contribution in [1.82, 2.24) is 14.5 Å². The quantitative estimate of drug-likeness (QED) is 0.552. The summed E-state index contributed by atoms with van der Waals surface area (Å²) < 4.78 is 13.7. The van der Waals surface area contributed by atoms with Crippen molar-refractivity contribution < 1.29 is 19.1 Å². The average molecular weight is 450 g/mol. The fourth-order valence-electron chi connectivity index (χ4n) is 3.61. The lowest BCUT2D eigenvalue weighted by molar-refractivity contribution is 0.0204. The zero-order valence-electron chi connectivity index (χ0n) is 19.9. The highest BCUT2D eigenvalue weighted by Crippen LogP contribution is 2.38. The van der Waals surface area contributed by atoms with Crippen molar-refractivity contribution >= 4 is 33.9 Å². The zero-order chi connectivity index (χ0) is 23.1. The molecule has 7 nitrogen and oxygen atoms in total. The molecule has 8 heteroatoms. The van der Waals surface area contributed by atoms with Crippen LogP contribution in [0.4, 0.5) is 9.59 Å². The molecule has 0 atom stereocenters. The van der Waals surface area contributed by atoms with Gasteiger partial charge < -0.3 is 14.4 Å². The number of amides is 1. The molecule has 172 valence electrons. The maximum absolute atomic E-state index is 12.8. The van der Waals surface area contributed by atoms with Crippen LogP contribution >= 0.6 is 11.3 Å². The minimum absolute atomic E-state index is 0.256. The third kappa shape index (κ3) is 5.59. The van der Waals surface area contributed by atoms with Crippen LogP contribution in [0, 0.1) is 0 Å². The average Bonchev–Trinajstić information content (AvgIpc) is 3.17. The molecule has 1 aliphatic rings. The van der Waals surface area contributed by atoms with Crippen LogP contribution in [0.2, 0.25) is 0 Å². The summed E-state index contributed by atoms with van der Waals surface area (Å²) in [5, 5.41) is 1.02. The highest BCUT2D eigenvalue weighted by Gasteiger charge is 2.31. The Labute approximate surface area is 188 Å². The van der Waals surface area contributed by atoms with Gasteiger partial charge in [-0.05, 0) is 65.9 Å². The molecule has 0 N–H and O–H groups in total. The van der Waals surface area contributed by atoms with E-state index in [2.05, 4.69) is 13.8 Å². The SMILES string of the molecule is CC(C)c1cn(C(=O)OC(C)(C)C)c2nc(C3CCN(C(=O)OC(C)(C)C)CC3)sc12. The predicted octanol–water partition coefficient (Wildman–Crippen LogP) is 6.12. The molecule has 1 amide bonds. The number of hydrogen-bond acceptors (Lipinski definition) is 6. The summed E-state index contributed by atoms with van der Waals surface area (Å²) >= 11 is 1.66. The molecule has 0 unspecified atom stereocenters. The van der Waals surface area contributed by atoms with Crippen molar-refractivity contribution in [2.45, 2.75) is 91.3 Å². The molecule has 1 aliphatic heterocycles. The van der Waals surface area contributed by atoms with E-state index in [-0.39, 0.29) is 17.9 Å². The van der Waals surface area contributed by atoms with E-state index in [0.717, 1.165) is 28.1 Å². The molecule has 2 aromatic heterocycles. The van der Waals surface area contributed by atoms with Crippen LogP contribution in [0.15, 0.2) is 6.20 Å². The third-order valence-corrected chi connectivity index (χ3v) is 6.35. The lowest BCUT2D eigenvalue weighted by atomic mass is 9.98. The summed E-state index contributed by atoms with van der Waals surface area (Å²) in [6.45, 7) is 16.7. The summed E-state index contributed by atoms with van der Waals surface area (Å²) in [6, 6.07) is 0. The molecule has 0 saturated carbocycles. The normalized spacial score (nSPS) is 16.2. The number of fused-ring (bicyclic) bond motifs is 1. The molecule has 0 aromatic carbocycles. The number of carbonyl (C=O) groups excluding carboxylic acids is 2. The van der Waals surface area contributed by atoms with Crippen LogP contribution in [-0.2, 0) is 9.47 Å². The summed E-state index contributed by atoms with van der Waals surface area (Å²) in [5.41, 5.74) is 0.719. The van der Waals surface area contributed by atoms with Crippen molar-refractivity contribution in [3.05, 3.63) is 16.8 Å². The fourth-order valence-corrected chi connectivity index (χ4v) is 5.00. The van der Waals surface area contributed by atoms with Crippen molar-refractivity contribution in [2.24, 2.45) is 0 Å². The van der Waals surface area contributed by atoms with Gasteiger partial charge in [0.15, 0.2) is 5.65 Å². The van der Waals surface area contributed by atoms with Crippen LogP contribution in [0.5, 0.6) is 0 Å². The second-order valence-corrected chi connectivity index (χ2v) is 11.6. The lowest BCUT2D eigenvalue weighted by Gasteiger charge is -2.32. The number of aromatic nitrogens is 2. The van der Waals surface area contributed by atoms with Crippen LogP contribution in [0.25, 0.3) is 10.3 Å². The molecule has 0 spiro atoms. The van der Waals surface area contributed by atoms with Crippen molar-refractivity contribution in [3.8, 4) is 0 Å². The second kappa shape index (κ2) is 8.45. The van der Waals surface area contributed by atoms with E-state index < -0.39 is 17.3 Å². The molecule has 3 heterocycles. The standard InChI is InChI=1S/C23H35N3O4S/c1-14(2)16-13-26(21(28)30-23(6,7)8)18-17(16)31-19(24-18)15-9-11-25(12-10-15)20(27)29-22(3,4)5/h13-15H,9-12H2,1-8H3. The Morgan fingerprint density at radius 3 is 2.10 bits per heavy atom. The first-order chi connectivity index (χ1) is 14.2. The smallest absolute Gasteiger partial charge is 0.420 e. The number of rotatable bonds is 2. The summed E-state index contributed by atoms with van der Waals surface area (Å²) in [7, 11) is 0. The first-order valence-corrected chi connectivity index (χ1v) is 11.8. The molecule has 3 rings (SSSR count). The lowest BCUT2D eigenvalue weighted by Crippen LogP contribution is -2.41. The van der Waals surface area contributed by atoms with Gasteiger partial charge >= 0.3 is 12.2 Å². The number of piperidine rings is 1. The van der Waals surface area contributed by atoms with Crippen LogP contribution in [-0.4, -0.2) is 50.9 Å². The maximum Gasteiger partial charge on any atom is 0.420 e. The van der Waals surface area contributed by atoms with Gasteiger partial charge in [-0.2, -0.15) is 0 Å². The van der Waals surface area contributed by atoms with Gasteiger partial charge in [-0.3, -0.25) is 0 Å². The molecule has 31 heavy (non-hydrogen) atoms. The Morgan fingerprint density at radius 1 is 1.03 bits per heavy atom. The second-order valence-electron chi connectivity index (χ2n) is 10.5. The van der Waals surface area contributed by atoms with Crippen molar-refractivity contribution in [1.29, 1.82) is 0 Å². The summed E-state index contributed by atoms with van der Waals surface area (Å²) in [6.07, 6.45) is 2.87. The monoisotopic (exact) mass is 449 g/mol. The molecular formula is C23H35N3O4S. The van der Waals surface area contributed by atoms with Crippen LogP contribution in [0.1, 0.15) is 90.6 Å². The van der Waals surface area contributed by atoms with Gasteiger partial charge in [0.1, 0.15) is 11.2 Å². The van der Waals surface area contributed by atoms with E-state index in [0.29, 0.717) is 18.7 Å². The molecule has 0 radical (unpaired) electrons. The first kappa shape index (κ1) is 23.6. The molecular weight excluding hydrogens is 414 g/mol. The number of nitrogens with zero attached hydrogens (tertiary/aromatic N) is 3. The molecule has 1 fully saturated rings. The van der Waals surface area contributed by atoms with Gasteiger partial charge in [-0.25, -0.2) is 19.1 Å². The number of carbonyl (C=O) groups is 2.